The molecule has 0 spiro atoms. The van der Waals surface area contributed by atoms with Crippen LogP contribution in [-0.2, 0) is 4.79 Å². The predicted octanol–water partition coefficient (Wildman–Crippen LogP) is 1.97. The van der Waals surface area contributed by atoms with Gasteiger partial charge in [0.05, 0.1) is 0 Å². The summed E-state index contributed by atoms with van der Waals surface area (Å²) in [5.74, 6) is 0.674. The van der Waals surface area contributed by atoms with E-state index in [-0.39, 0.29) is 17.9 Å². The highest BCUT2D eigenvalue weighted by Crippen LogP contribution is 2.32. The molecule has 0 radical (unpaired) electrons. The largest absolute Gasteiger partial charge is 0.351 e. The number of nitrogens with two attached hydrogens (primary N) is 1. The van der Waals surface area contributed by atoms with E-state index in [0.29, 0.717) is 31.1 Å². The van der Waals surface area contributed by atoms with Crippen LogP contribution in [0.4, 0.5) is 0 Å². The third kappa shape index (κ3) is 3.09. The van der Waals surface area contributed by atoms with Crippen molar-refractivity contribution in [2.45, 2.75) is 31.7 Å². The number of hydrogen-bond acceptors (Lipinski definition) is 3. The topological polar surface area (TPSA) is 82.4 Å². The molecule has 2 atom stereocenters. The van der Waals surface area contributed by atoms with Gasteiger partial charge in [-0.3, -0.25) is 9.59 Å². The molecule has 2 fully saturated rings. The van der Waals surface area contributed by atoms with Crippen LogP contribution < -0.4 is 5.73 Å². The Kier molecular flexibility index (Phi) is 4.68. The van der Waals surface area contributed by atoms with Crippen LogP contribution >= 0.6 is 0 Å². The van der Waals surface area contributed by atoms with Gasteiger partial charge in [-0.1, -0.05) is 18.2 Å². The monoisotopic (exact) mass is 354 g/mol. The zero-order valence-corrected chi connectivity index (χ0v) is 15.0. The highest BCUT2D eigenvalue weighted by Gasteiger charge is 2.40. The summed E-state index contributed by atoms with van der Waals surface area (Å²) in [7, 11) is 0. The number of likely N-dealkylation sites (tertiary alicyclic amines) is 2. The van der Waals surface area contributed by atoms with Crippen molar-refractivity contribution in [3.63, 3.8) is 0 Å². The van der Waals surface area contributed by atoms with Crippen molar-refractivity contribution >= 4 is 22.7 Å². The lowest BCUT2D eigenvalue weighted by Crippen LogP contribution is -2.57. The first-order chi connectivity index (χ1) is 12.7. The van der Waals surface area contributed by atoms with E-state index in [1.54, 1.807) is 0 Å². The summed E-state index contributed by atoms with van der Waals surface area (Å²) in [6.07, 6.45) is 3.15. The minimum atomic E-state index is 0.0602. The van der Waals surface area contributed by atoms with Crippen LogP contribution in [0.25, 0.3) is 10.9 Å². The second kappa shape index (κ2) is 7.11. The third-order valence-corrected chi connectivity index (χ3v) is 5.79. The van der Waals surface area contributed by atoms with Crippen LogP contribution in [0.15, 0.2) is 30.3 Å². The number of nitrogens with one attached hydrogen (secondary N) is 1. The lowest BCUT2D eigenvalue weighted by atomic mass is 9.83. The molecule has 6 heteroatoms. The number of aromatic amines is 1. The Bertz CT molecular complexity index is 782. The summed E-state index contributed by atoms with van der Waals surface area (Å²) in [4.78, 5) is 32.5. The minimum Gasteiger partial charge on any atom is -0.351 e. The highest BCUT2D eigenvalue weighted by atomic mass is 16.2. The number of nitrogens with zero attached hydrogens (tertiary/aromatic N) is 2. The summed E-state index contributed by atoms with van der Waals surface area (Å²) < 4.78 is 0. The highest BCUT2D eigenvalue weighted by molar-refractivity contribution is 5.98. The molecule has 0 bridgehead atoms. The van der Waals surface area contributed by atoms with Crippen LogP contribution in [0.3, 0.4) is 0 Å². The smallest absolute Gasteiger partial charge is 0.270 e. The maximum Gasteiger partial charge on any atom is 0.270 e. The summed E-state index contributed by atoms with van der Waals surface area (Å²) >= 11 is 0. The Balaban J connectivity index is 1.47. The zero-order chi connectivity index (χ0) is 18.1. The van der Waals surface area contributed by atoms with E-state index in [1.807, 2.05) is 40.1 Å². The van der Waals surface area contributed by atoms with Crippen molar-refractivity contribution in [3.05, 3.63) is 36.0 Å². The molecule has 0 unspecified atom stereocenters. The molecule has 2 aliphatic rings. The van der Waals surface area contributed by atoms with E-state index in [1.165, 1.54) is 0 Å². The van der Waals surface area contributed by atoms with Gasteiger partial charge in [0.15, 0.2) is 0 Å². The lowest BCUT2D eigenvalue weighted by Gasteiger charge is -2.47. The average Bonchev–Trinajstić information content (AvgIpc) is 3.10. The second-order valence-electron chi connectivity index (χ2n) is 7.41. The fraction of sp³-hybridized carbons (Fsp3) is 0.500. The Hall–Kier alpha value is -2.34. The van der Waals surface area contributed by atoms with Gasteiger partial charge in [-0.05, 0) is 43.9 Å². The molecule has 0 aliphatic carbocycles. The van der Waals surface area contributed by atoms with E-state index in [4.69, 9.17) is 5.73 Å². The molecule has 138 valence electrons. The van der Waals surface area contributed by atoms with E-state index in [9.17, 15) is 9.59 Å². The fourth-order valence-corrected chi connectivity index (χ4v) is 4.45. The number of rotatable bonds is 4. The number of amides is 2. The summed E-state index contributed by atoms with van der Waals surface area (Å²) in [5.41, 5.74) is 7.26. The molecular formula is C20H26N4O2. The number of piperidine rings is 2. The number of carbonyl (C=O) groups is 2. The first-order valence-electron chi connectivity index (χ1n) is 9.54. The predicted molar refractivity (Wildman–Crippen MR) is 101 cm³/mol. The first-order valence-corrected chi connectivity index (χ1v) is 9.54. The number of aromatic nitrogens is 1. The standard InChI is InChI=1S/C20H26N4O2/c21-9-3-10-24-18-8-11-23(13-15(18)6-7-19(24)25)20(26)17-12-14-4-1-2-5-16(14)22-17/h1-2,4-5,12,15,18,22H,3,6-11,13,21H2/t15-,18+/m0/s1. The number of para-hydroxylation sites is 1. The Labute approximate surface area is 153 Å². The second-order valence-corrected chi connectivity index (χ2v) is 7.41. The van der Waals surface area contributed by atoms with E-state index in [2.05, 4.69) is 4.98 Å². The SMILES string of the molecule is NCCCN1C(=O)CC[C@H]2CN(C(=O)c3cc4ccccc4[nH]3)CC[C@H]21. The number of benzene rings is 1. The van der Waals surface area contributed by atoms with Gasteiger partial charge in [-0.25, -0.2) is 0 Å². The fourth-order valence-electron chi connectivity index (χ4n) is 4.45. The lowest BCUT2D eigenvalue weighted by molar-refractivity contribution is -0.140. The van der Waals surface area contributed by atoms with E-state index in [0.717, 1.165) is 43.3 Å². The molecule has 2 aromatic rings. The van der Waals surface area contributed by atoms with Crippen molar-refractivity contribution in [3.8, 4) is 0 Å². The number of carbonyl (C=O) groups excluding carboxylic acids is 2. The number of fused-ring (bicyclic) bond motifs is 2. The van der Waals surface area contributed by atoms with Crippen LogP contribution in [0.2, 0.25) is 0 Å². The van der Waals surface area contributed by atoms with Crippen LogP contribution in [0.1, 0.15) is 36.2 Å². The molecule has 2 amide bonds. The minimum absolute atomic E-state index is 0.0602. The maximum absolute atomic E-state index is 13.0. The van der Waals surface area contributed by atoms with Crippen molar-refractivity contribution < 1.29 is 9.59 Å². The van der Waals surface area contributed by atoms with Crippen molar-refractivity contribution in [1.82, 2.24) is 14.8 Å². The summed E-state index contributed by atoms with van der Waals surface area (Å²) in [6.45, 7) is 2.77. The normalized spacial score (nSPS) is 23.3. The van der Waals surface area contributed by atoms with Gasteiger partial charge in [0, 0.05) is 43.0 Å². The van der Waals surface area contributed by atoms with Crippen molar-refractivity contribution in [2.24, 2.45) is 11.7 Å². The molecule has 1 aromatic carbocycles. The van der Waals surface area contributed by atoms with Crippen LogP contribution in [0.5, 0.6) is 0 Å². The first kappa shape index (κ1) is 17.1. The van der Waals surface area contributed by atoms with E-state index < -0.39 is 0 Å². The molecule has 0 saturated carbocycles. The zero-order valence-electron chi connectivity index (χ0n) is 15.0. The molecule has 4 rings (SSSR count). The van der Waals surface area contributed by atoms with Crippen molar-refractivity contribution in [2.75, 3.05) is 26.2 Å². The van der Waals surface area contributed by atoms with Gasteiger partial charge in [0.2, 0.25) is 5.91 Å². The quantitative estimate of drug-likeness (QED) is 0.881. The summed E-state index contributed by atoms with van der Waals surface area (Å²) in [5, 5.41) is 1.06. The maximum atomic E-state index is 13.0. The summed E-state index contributed by atoms with van der Waals surface area (Å²) in [6, 6.07) is 10.1. The molecule has 2 saturated heterocycles. The Morgan fingerprint density at radius 2 is 2.12 bits per heavy atom. The molecule has 1 aromatic heterocycles. The average molecular weight is 354 g/mol. The van der Waals surface area contributed by atoms with Gasteiger partial charge < -0.3 is 20.5 Å². The van der Waals surface area contributed by atoms with Crippen LogP contribution in [0, 0.1) is 5.92 Å². The van der Waals surface area contributed by atoms with Gasteiger partial charge in [0.25, 0.3) is 5.91 Å². The Morgan fingerprint density at radius 1 is 1.27 bits per heavy atom. The number of hydrogen-bond donors (Lipinski definition) is 2. The van der Waals surface area contributed by atoms with Gasteiger partial charge in [-0.15, -0.1) is 0 Å². The molecule has 26 heavy (non-hydrogen) atoms. The van der Waals surface area contributed by atoms with Crippen LogP contribution in [-0.4, -0.2) is 58.8 Å². The molecule has 6 nitrogen and oxygen atoms in total. The molecule has 2 aliphatic heterocycles. The third-order valence-electron chi connectivity index (χ3n) is 5.79. The molecular weight excluding hydrogens is 328 g/mol. The molecule has 3 heterocycles. The Morgan fingerprint density at radius 3 is 2.92 bits per heavy atom. The van der Waals surface area contributed by atoms with E-state index >= 15 is 0 Å². The molecule has 3 N–H and O–H groups in total. The number of H-pyrrole nitrogens is 1. The van der Waals surface area contributed by atoms with Crippen molar-refractivity contribution in [1.29, 1.82) is 0 Å². The van der Waals surface area contributed by atoms with Gasteiger partial charge >= 0.3 is 0 Å². The van der Waals surface area contributed by atoms with Gasteiger partial charge in [0.1, 0.15) is 5.69 Å². The van der Waals surface area contributed by atoms with Gasteiger partial charge in [-0.2, -0.15) is 0 Å².